The van der Waals surface area contributed by atoms with Crippen LogP contribution in [0.25, 0.3) is 0 Å². The van der Waals surface area contributed by atoms with E-state index in [-0.39, 0.29) is 17.6 Å². The first kappa shape index (κ1) is 14.5. The van der Waals surface area contributed by atoms with Crippen molar-refractivity contribution in [2.75, 3.05) is 13.1 Å². The first-order valence-electron chi connectivity index (χ1n) is 6.83. The predicted molar refractivity (Wildman–Crippen MR) is 75.2 cm³/mol. The Labute approximate surface area is 117 Å². The highest BCUT2D eigenvalue weighted by Gasteiger charge is 2.20. The van der Waals surface area contributed by atoms with Crippen molar-refractivity contribution < 1.29 is 9.72 Å². The molecule has 0 radical (unpaired) electrons. The Kier molecular flexibility index (Phi) is 4.68. The number of nitro benzene ring substituents is 1. The van der Waals surface area contributed by atoms with Crippen molar-refractivity contribution in [2.24, 2.45) is 5.73 Å². The number of hydrogen-bond donors (Lipinski definition) is 1. The van der Waals surface area contributed by atoms with E-state index in [1.54, 1.807) is 6.07 Å². The van der Waals surface area contributed by atoms with Crippen LogP contribution in [-0.2, 0) is 11.2 Å². The fraction of sp³-hybridized carbons (Fsp3) is 0.500. The lowest BCUT2D eigenvalue weighted by atomic mass is 10.0. The van der Waals surface area contributed by atoms with Gasteiger partial charge in [-0.3, -0.25) is 14.9 Å². The van der Waals surface area contributed by atoms with E-state index in [2.05, 4.69) is 0 Å². The molecule has 0 unspecified atom stereocenters. The molecule has 0 saturated carbocycles. The molecule has 2 rings (SSSR count). The Balaban J connectivity index is 1.87. The number of carbonyl (C=O) groups is 1. The highest BCUT2D eigenvalue weighted by Crippen LogP contribution is 2.16. The minimum Gasteiger partial charge on any atom is -0.343 e. The van der Waals surface area contributed by atoms with Gasteiger partial charge in [-0.2, -0.15) is 0 Å². The van der Waals surface area contributed by atoms with E-state index in [1.165, 1.54) is 12.1 Å². The summed E-state index contributed by atoms with van der Waals surface area (Å²) in [5.41, 5.74) is 6.69. The van der Waals surface area contributed by atoms with Gasteiger partial charge in [-0.15, -0.1) is 0 Å². The van der Waals surface area contributed by atoms with Gasteiger partial charge in [-0.25, -0.2) is 0 Å². The van der Waals surface area contributed by atoms with Crippen LogP contribution in [0.5, 0.6) is 0 Å². The van der Waals surface area contributed by atoms with Crippen LogP contribution in [0.3, 0.4) is 0 Å². The van der Waals surface area contributed by atoms with Gasteiger partial charge >= 0.3 is 0 Å². The zero-order valence-electron chi connectivity index (χ0n) is 11.3. The van der Waals surface area contributed by atoms with Gasteiger partial charge in [0, 0.05) is 37.7 Å². The van der Waals surface area contributed by atoms with Gasteiger partial charge in [0.15, 0.2) is 0 Å². The number of nitrogens with zero attached hydrogens (tertiary/aromatic N) is 2. The van der Waals surface area contributed by atoms with Gasteiger partial charge in [-0.05, 0) is 24.8 Å². The number of hydrogen-bond acceptors (Lipinski definition) is 4. The molecule has 1 saturated heterocycles. The van der Waals surface area contributed by atoms with Crippen molar-refractivity contribution in [3.8, 4) is 0 Å². The molecule has 1 fully saturated rings. The highest BCUT2D eigenvalue weighted by molar-refractivity contribution is 5.76. The molecule has 1 aromatic carbocycles. The first-order chi connectivity index (χ1) is 9.56. The van der Waals surface area contributed by atoms with Crippen LogP contribution in [0.4, 0.5) is 5.69 Å². The minimum atomic E-state index is -0.419. The minimum absolute atomic E-state index is 0.0684. The van der Waals surface area contributed by atoms with Crippen molar-refractivity contribution in [1.29, 1.82) is 0 Å². The van der Waals surface area contributed by atoms with Crippen LogP contribution in [0.2, 0.25) is 0 Å². The van der Waals surface area contributed by atoms with Gasteiger partial charge in [0.05, 0.1) is 4.92 Å². The molecule has 0 spiro atoms. The summed E-state index contributed by atoms with van der Waals surface area (Å²) in [6, 6.07) is 6.65. The average molecular weight is 277 g/mol. The van der Waals surface area contributed by atoms with Crippen LogP contribution in [-0.4, -0.2) is 34.9 Å². The Morgan fingerprint density at radius 3 is 2.75 bits per heavy atom. The number of carbonyl (C=O) groups excluding carboxylic acids is 1. The zero-order chi connectivity index (χ0) is 14.5. The van der Waals surface area contributed by atoms with Crippen LogP contribution >= 0.6 is 0 Å². The maximum absolute atomic E-state index is 12.0. The van der Waals surface area contributed by atoms with E-state index >= 15 is 0 Å². The predicted octanol–water partition coefficient (Wildman–Crippen LogP) is 1.48. The third kappa shape index (κ3) is 3.77. The van der Waals surface area contributed by atoms with Gasteiger partial charge in [0.1, 0.15) is 0 Å². The van der Waals surface area contributed by atoms with Gasteiger partial charge in [-0.1, -0.05) is 12.1 Å². The normalized spacial score (nSPS) is 16.1. The largest absolute Gasteiger partial charge is 0.343 e. The zero-order valence-corrected chi connectivity index (χ0v) is 11.3. The van der Waals surface area contributed by atoms with E-state index in [4.69, 9.17) is 5.73 Å². The van der Waals surface area contributed by atoms with Crippen molar-refractivity contribution in [3.63, 3.8) is 0 Å². The second kappa shape index (κ2) is 6.47. The quantitative estimate of drug-likeness (QED) is 0.666. The fourth-order valence-electron chi connectivity index (χ4n) is 2.38. The molecule has 1 aliphatic rings. The molecule has 6 heteroatoms. The Morgan fingerprint density at radius 1 is 1.40 bits per heavy atom. The Morgan fingerprint density at radius 2 is 2.10 bits per heavy atom. The van der Waals surface area contributed by atoms with Crippen molar-refractivity contribution in [3.05, 3.63) is 39.9 Å². The molecule has 1 aliphatic heterocycles. The lowest BCUT2D eigenvalue weighted by Gasteiger charge is -2.30. The number of piperidine rings is 1. The summed E-state index contributed by atoms with van der Waals surface area (Å²) in [5.74, 6) is 0.100. The number of nitro groups is 1. The molecule has 0 atom stereocenters. The van der Waals surface area contributed by atoms with Crippen molar-refractivity contribution in [1.82, 2.24) is 4.90 Å². The van der Waals surface area contributed by atoms with E-state index in [1.807, 2.05) is 11.0 Å². The molecule has 1 amide bonds. The first-order valence-corrected chi connectivity index (χ1v) is 6.83. The molecular weight excluding hydrogens is 258 g/mol. The molecule has 2 N–H and O–H groups in total. The van der Waals surface area contributed by atoms with E-state index < -0.39 is 4.92 Å². The van der Waals surface area contributed by atoms with Crippen molar-refractivity contribution in [2.45, 2.75) is 31.7 Å². The number of aryl methyl sites for hydroxylation is 1. The summed E-state index contributed by atoms with van der Waals surface area (Å²) < 4.78 is 0. The molecule has 0 bridgehead atoms. The van der Waals surface area contributed by atoms with Gasteiger partial charge < -0.3 is 10.6 Å². The van der Waals surface area contributed by atoms with E-state index in [0.717, 1.165) is 31.5 Å². The number of nitrogens with two attached hydrogens (primary N) is 1. The molecule has 108 valence electrons. The molecule has 0 aromatic heterocycles. The summed E-state index contributed by atoms with van der Waals surface area (Å²) in [6.45, 7) is 1.43. The smallest absolute Gasteiger partial charge is 0.269 e. The summed E-state index contributed by atoms with van der Waals surface area (Å²) in [4.78, 5) is 24.2. The third-order valence-corrected chi connectivity index (χ3v) is 3.64. The Bertz CT molecular complexity index is 496. The summed E-state index contributed by atoms with van der Waals surface area (Å²) in [7, 11) is 0. The summed E-state index contributed by atoms with van der Waals surface area (Å²) in [5, 5.41) is 10.7. The molecular formula is C14H19N3O3. The Hall–Kier alpha value is -1.95. The molecule has 1 heterocycles. The molecule has 6 nitrogen and oxygen atoms in total. The second-order valence-corrected chi connectivity index (χ2v) is 5.15. The van der Waals surface area contributed by atoms with E-state index in [0.29, 0.717) is 12.8 Å². The highest BCUT2D eigenvalue weighted by atomic mass is 16.6. The van der Waals surface area contributed by atoms with Crippen LogP contribution in [0.1, 0.15) is 24.8 Å². The van der Waals surface area contributed by atoms with Crippen LogP contribution < -0.4 is 5.73 Å². The average Bonchev–Trinajstić information content (AvgIpc) is 2.46. The SMILES string of the molecule is NC1CCN(C(=O)CCc2cccc([N+](=O)[O-])c2)CC1. The standard InChI is InChI=1S/C14H19N3O3/c15-12-6-8-16(9-7-12)14(18)5-4-11-2-1-3-13(10-11)17(19)20/h1-3,10,12H,4-9,15H2. The number of amides is 1. The maximum Gasteiger partial charge on any atom is 0.269 e. The second-order valence-electron chi connectivity index (χ2n) is 5.15. The van der Waals surface area contributed by atoms with Gasteiger partial charge in [0.2, 0.25) is 5.91 Å². The van der Waals surface area contributed by atoms with Crippen molar-refractivity contribution >= 4 is 11.6 Å². The van der Waals surface area contributed by atoms with E-state index in [9.17, 15) is 14.9 Å². The number of non-ortho nitro benzene ring substituents is 1. The number of rotatable bonds is 4. The van der Waals surface area contributed by atoms with Crippen LogP contribution in [0.15, 0.2) is 24.3 Å². The summed E-state index contributed by atoms with van der Waals surface area (Å²) >= 11 is 0. The number of benzene rings is 1. The topological polar surface area (TPSA) is 89.5 Å². The molecule has 1 aromatic rings. The number of likely N-dealkylation sites (tertiary alicyclic amines) is 1. The summed E-state index contributed by atoms with van der Waals surface area (Å²) in [6.07, 6.45) is 2.62. The van der Waals surface area contributed by atoms with Crippen LogP contribution in [0, 0.1) is 10.1 Å². The monoisotopic (exact) mass is 277 g/mol. The lowest BCUT2D eigenvalue weighted by Crippen LogP contribution is -2.42. The third-order valence-electron chi connectivity index (χ3n) is 3.64. The molecule has 0 aliphatic carbocycles. The fourth-order valence-corrected chi connectivity index (χ4v) is 2.38. The maximum atomic E-state index is 12.0. The lowest BCUT2D eigenvalue weighted by molar-refractivity contribution is -0.384. The molecule has 20 heavy (non-hydrogen) atoms. The van der Waals surface area contributed by atoms with Gasteiger partial charge in [0.25, 0.3) is 5.69 Å².